The van der Waals surface area contributed by atoms with Crippen molar-refractivity contribution in [3.8, 4) is 0 Å². The van der Waals surface area contributed by atoms with E-state index < -0.39 is 0 Å². The average Bonchev–Trinajstić information content (AvgIpc) is 3.26. The Bertz CT molecular complexity index is 884. The van der Waals surface area contributed by atoms with E-state index in [-0.39, 0.29) is 11.5 Å². The molecule has 0 unspecified atom stereocenters. The Morgan fingerprint density at radius 3 is 2.85 bits per heavy atom. The van der Waals surface area contributed by atoms with Gasteiger partial charge in [0.25, 0.3) is 5.56 Å². The van der Waals surface area contributed by atoms with E-state index in [0.717, 1.165) is 73.8 Å². The monoisotopic (exact) mass is 406 g/mol. The Morgan fingerprint density at radius 2 is 2.07 bits per heavy atom. The minimum atomic E-state index is -0.000119. The first-order valence-corrected chi connectivity index (χ1v) is 11.7. The van der Waals surface area contributed by atoms with Crippen LogP contribution in [0.1, 0.15) is 36.0 Å². The predicted octanol–water partition coefficient (Wildman–Crippen LogP) is 2.26. The van der Waals surface area contributed by atoms with Crippen molar-refractivity contribution in [2.75, 3.05) is 38.5 Å². The molecule has 0 spiro atoms. The van der Waals surface area contributed by atoms with Crippen molar-refractivity contribution in [2.45, 2.75) is 38.4 Å². The first kappa shape index (κ1) is 19.0. The molecule has 1 fully saturated rings. The standard InChI is InChI=1S/C19H26N4O2S2/c1-2-22-7-9-23(10-8-22)16(24)6-11-26-12-15-20-18(25)17-13-4-3-5-14(13)27-19(17)21-15/h2-12H2,1H3,(H,20,21,25). The largest absolute Gasteiger partial charge is 0.340 e. The highest BCUT2D eigenvalue weighted by Crippen LogP contribution is 2.34. The summed E-state index contributed by atoms with van der Waals surface area (Å²) in [6.07, 6.45) is 3.78. The summed E-state index contributed by atoms with van der Waals surface area (Å²) in [7, 11) is 0. The number of H-pyrrole nitrogens is 1. The van der Waals surface area contributed by atoms with Gasteiger partial charge in [0.1, 0.15) is 10.7 Å². The van der Waals surface area contributed by atoms with Gasteiger partial charge in [0.05, 0.1) is 11.1 Å². The Kier molecular flexibility index (Phi) is 5.85. The SMILES string of the molecule is CCN1CCN(C(=O)CCSCc2nc3sc4c(c3c(=O)[nH]2)CCC4)CC1. The Morgan fingerprint density at radius 1 is 1.26 bits per heavy atom. The van der Waals surface area contributed by atoms with Gasteiger partial charge in [0.15, 0.2) is 0 Å². The third-order valence-electron chi connectivity index (χ3n) is 5.50. The summed E-state index contributed by atoms with van der Waals surface area (Å²) in [5.74, 6) is 2.37. The van der Waals surface area contributed by atoms with E-state index in [0.29, 0.717) is 12.2 Å². The molecule has 0 bridgehead atoms. The highest BCUT2D eigenvalue weighted by molar-refractivity contribution is 7.98. The Labute approximate surface area is 167 Å². The Hall–Kier alpha value is -1.38. The van der Waals surface area contributed by atoms with Crippen LogP contribution in [0, 0.1) is 0 Å². The number of carbonyl (C=O) groups is 1. The second-order valence-corrected chi connectivity index (χ2v) is 9.36. The van der Waals surface area contributed by atoms with Gasteiger partial charge in [-0.3, -0.25) is 9.59 Å². The number of aromatic nitrogens is 2. The quantitative estimate of drug-likeness (QED) is 0.745. The minimum absolute atomic E-state index is 0.000119. The van der Waals surface area contributed by atoms with Gasteiger partial charge < -0.3 is 14.8 Å². The molecule has 146 valence electrons. The topological polar surface area (TPSA) is 69.3 Å². The number of likely N-dealkylation sites (N-methyl/N-ethyl adjacent to an activating group) is 1. The molecule has 0 radical (unpaired) electrons. The van der Waals surface area contributed by atoms with Crippen LogP contribution in [0.25, 0.3) is 10.2 Å². The van der Waals surface area contributed by atoms with Crippen LogP contribution in [0.15, 0.2) is 4.79 Å². The van der Waals surface area contributed by atoms with Crippen molar-refractivity contribution in [2.24, 2.45) is 0 Å². The fraction of sp³-hybridized carbons (Fsp3) is 0.632. The molecular weight excluding hydrogens is 380 g/mol. The van der Waals surface area contributed by atoms with Gasteiger partial charge >= 0.3 is 0 Å². The molecule has 0 atom stereocenters. The number of hydrogen-bond donors (Lipinski definition) is 1. The highest BCUT2D eigenvalue weighted by atomic mass is 32.2. The van der Waals surface area contributed by atoms with Crippen LogP contribution in [0.5, 0.6) is 0 Å². The highest BCUT2D eigenvalue weighted by Gasteiger charge is 2.21. The number of fused-ring (bicyclic) bond motifs is 3. The number of amides is 1. The van der Waals surface area contributed by atoms with Crippen LogP contribution in [0.4, 0.5) is 0 Å². The van der Waals surface area contributed by atoms with Crippen molar-refractivity contribution in [3.63, 3.8) is 0 Å². The molecule has 0 aromatic carbocycles. The summed E-state index contributed by atoms with van der Waals surface area (Å²) in [5, 5.41) is 0.808. The molecule has 8 heteroatoms. The lowest BCUT2D eigenvalue weighted by atomic mass is 10.2. The fourth-order valence-corrected chi connectivity index (χ4v) is 5.99. The predicted molar refractivity (Wildman–Crippen MR) is 112 cm³/mol. The molecule has 2 aromatic rings. The minimum Gasteiger partial charge on any atom is -0.340 e. The van der Waals surface area contributed by atoms with Crippen LogP contribution >= 0.6 is 23.1 Å². The molecule has 1 amide bonds. The molecule has 4 rings (SSSR count). The molecule has 27 heavy (non-hydrogen) atoms. The molecule has 1 aliphatic heterocycles. The van der Waals surface area contributed by atoms with E-state index in [1.807, 2.05) is 4.90 Å². The second kappa shape index (κ2) is 8.32. The normalized spacial score (nSPS) is 17.6. The van der Waals surface area contributed by atoms with Crippen molar-refractivity contribution >= 4 is 39.2 Å². The number of thiophene rings is 1. The number of nitrogens with zero attached hydrogens (tertiary/aromatic N) is 3. The van der Waals surface area contributed by atoms with Gasteiger partial charge in [-0.15, -0.1) is 11.3 Å². The first-order chi connectivity index (χ1) is 13.2. The number of piperazine rings is 1. The van der Waals surface area contributed by atoms with E-state index >= 15 is 0 Å². The van der Waals surface area contributed by atoms with E-state index in [1.54, 1.807) is 23.1 Å². The van der Waals surface area contributed by atoms with Crippen LogP contribution < -0.4 is 5.56 Å². The lowest BCUT2D eigenvalue weighted by molar-refractivity contribution is -0.132. The van der Waals surface area contributed by atoms with Crippen LogP contribution in [0.3, 0.4) is 0 Å². The summed E-state index contributed by atoms with van der Waals surface area (Å²) >= 11 is 3.34. The summed E-state index contributed by atoms with van der Waals surface area (Å²) in [4.78, 5) is 39.0. The number of carbonyl (C=O) groups excluding carboxylic acids is 1. The molecule has 1 N–H and O–H groups in total. The maximum atomic E-state index is 12.5. The summed E-state index contributed by atoms with van der Waals surface area (Å²) < 4.78 is 0. The second-order valence-electron chi connectivity index (χ2n) is 7.17. The smallest absolute Gasteiger partial charge is 0.259 e. The summed E-state index contributed by atoms with van der Waals surface area (Å²) in [6.45, 7) is 6.85. The number of aromatic amines is 1. The number of hydrogen-bond acceptors (Lipinski definition) is 6. The summed E-state index contributed by atoms with van der Waals surface area (Å²) in [5.41, 5.74) is 1.22. The molecule has 2 aliphatic rings. The third-order valence-corrected chi connectivity index (χ3v) is 7.65. The molecular formula is C19H26N4O2S2. The average molecular weight is 407 g/mol. The van der Waals surface area contributed by atoms with Crippen molar-refractivity contribution in [1.82, 2.24) is 19.8 Å². The number of thioether (sulfide) groups is 1. The van der Waals surface area contributed by atoms with Crippen LogP contribution in [-0.4, -0.2) is 64.2 Å². The van der Waals surface area contributed by atoms with E-state index in [4.69, 9.17) is 0 Å². The van der Waals surface area contributed by atoms with Gasteiger partial charge in [-0.1, -0.05) is 6.92 Å². The molecule has 3 heterocycles. The molecule has 0 saturated carbocycles. The van der Waals surface area contributed by atoms with E-state index in [9.17, 15) is 9.59 Å². The Balaban J connectivity index is 1.28. The number of aryl methyl sites for hydroxylation is 2. The lowest BCUT2D eigenvalue weighted by Crippen LogP contribution is -2.48. The molecule has 1 aliphatic carbocycles. The zero-order chi connectivity index (χ0) is 18.8. The molecule has 1 saturated heterocycles. The molecule has 6 nitrogen and oxygen atoms in total. The van der Waals surface area contributed by atoms with Crippen molar-refractivity contribution < 1.29 is 4.79 Å². The third kappa shape index (κ3) is 4.07. The lowest BCUT2D eigenvalue weighted by Gasteiger charge is -2.34. The van der Waals surface area contributed by atoms with E-state index in [2.05, 4.69) is 21.8 Å². The van der Waals surface area contributed by atoms with Crippen molar-refractivity contribution in [1.29, 1.82) is 0 Å². The van der Waals surface area contributed by atoms with Crippen molar-refractivity contribution in [3.05, 3.63) is 26.6 Å². The van der Waals surface area contributed by atoms with Crippen LogP contribution in [0.2, 0.25) is 0 Å². The van der Waals surface area contributed by atoms with Crippen LogP contribution in [-0.2, 0) is 23.4 Å². The maximum Gasteiger partial charge on any atom is 0.259 e. The number of nitrogens with one attached hydrogen (secondary N) is 1. The van der Waals surface area contributed by atoms with Gasteiger partial charge in [-0.05, 0) is 31.4 Å². The van der Waals surface area contributed by atoms with Gasteiger partial charge in [-0.25, -0.2) is 4.98 Å². The first-order valence-electron chi connectivity index (χ1n) is 9.77. The fourth-order valence-electron chi connectivity index (χ4n) is 3.92. The zero-order valence-corrected chi connectivity index (χ0v) is 17.4. The van der Waals surface area contributed by atoms with E-state index in [1.165, 1.54) is 10.4 Å². The van der Waals surface area contributed by atoms with Gasteiger partial charge in [-0.2, -0.15) is 11.8 Å². The summed E-state index contributed by atoms with van der Waals surface area (Å²) in [6, 6.07) is 0. The number of rotatable bonds is 6. The van der Waals surface area contributed by atoms with Gasteiger partial charge in [0.2, 0.25) is 5.91 Å². The zero-order valence-electron chi connectivity index (χ0n) is 15.8. The molecule has 2 aromatic heterocycles. The maximum absolute atomic E-state index is 12.5. The van der Waals surface area contributed by atoms with Gasteiger partial charge in [0, 0.05) is 43.2 Å².